The number of hydrogen-bond acceptors (Lipinski definition) is 4. The van der Waals surface area contributed by atoms with E-state index >= 15 is 0 Å². The molecule has 0 aliphatic carbocycles. The number of carbonyl (C=O) groups excluding carboxylic acids is 1. The number of aromatic carboxylic acids is 1. The fourth-order valence-corrected chi connectivity index (χ4v) is 2.34. The second-order valence-electron chi connectivity index (χ2n) is 5.62. The summed E-state index contributed by atoms with van der Waals surface area (Å²) < 4.78 is 5.20. The number of carboxylic acid groups (broad SMARTS) is 1. The van der Waals surface area contributed by atoms with Gasteiger partial charge in [-0.2, -0.15) is 0 Å². The summed E-state index contributed by atoms with van der Waals surface area (Å²) in [5, 5.41) is 12.3. The molecule has 0 saturated carbocycles. The molecule has 112 valence electrons. The molecule has 0 bridgehead atoms. The van der Waals surface area contributed by atoms with Crippen LogP contribution < -0.4 is 5.32 Å². The Hall–Kier alpha value is -1.95. The van der Waals surface area contributed by atoms with E-state index in [1.165, 1.54) is 6.07 Å². The number of hydrogen-bond donors (Lipinski definition) is 2. The first-order chi connectivity index (χ1) is 9.74. The van der Waals surface area contributed by atoms with Crippen molar-refractivity contribution in [2.45, 2.75) is 25.5 Å². The maximum Gasteiger partial charge on any atom is 0.371 e. The van der Waals surface area contributed by atoms with Gasteiger partial charge in [0.1, 0.15) is 5.58 Å². The first-order valence-corrected chi connectivity index (χ1v) is 7.44. The Morgan fingerprint density at radius 3 is 2.62 bits per heavy atom. The van der Waals surface area contributed by atoms with Crippen LogP contribution in [0, 0.1) is 0 Å². The third-order valence-electron chi connectivity index (χ3n) is 2.65. The lowest BCUT2D eigenvalue weighted by Crippen LogP contribution is -2.18. The molecule has 1 aromatic heterocycles. The van der Waals surface area contributed by atoms with Gasteiger partial charge in [0.2, 0.25) is 11.7 Å². The van der Waals surface area contributed by atoms with Crippen LogP contribution in [0.4, 0.5) is 5.69 Å². The largest absolute Gasteiger partial charge is 0.475 e. The Balaban J connectivity index is 2.08. The summed E-state index contributed by atoms with van der Waals surface area (Å²) in [5.41, 5.74) is 1.11. The molecule has 0 aliphatic rings. The number of carbonyl (C=O) groups is 2. The van der Waals surface area contributed by atoms with E-state index in [1.54, 1.807) is 30.0 Å². The Labute approximate surface area is 126 Å². The molecule has 0 radical (unpaired) electrons. The van der Waals surface area contributed by atoms with E-state index in [2.05, 4.69) is 26.1 Å². The number of benzene rings is 1. The summed E-state index contributed by atoms with van der Waals surface area (Å²) in [6.07, 6.45) is 0. The van der Waals surface area contributed by atoms with Crippen LogP contribution in [0.1, 0.15) is 31.3 Å². The fourth-order valence-electron chi connectivity index (χ4n) is 1.71. The zero-order valence-corrected chi connectivity index (χ0v) is 12.9. The SMILES string of the molecule is CC(C)(C)SCC(=O)Nc1ccc2oc(C(=O)O)cc2c1. The van der Waals surface area contributed by atoms with E-state index < -0.39 is 5.97 Å². The van der Waals surface area contributed by atoms with Crippen LogP contribution in [0.3, 0.4) is 0 Å². The zero-order chi connectivity index (χ0) is 15.6. The maximum atomic E-state index is 11.9. The van der Waals surface area contributed by atoms with E-state index in [0.29, 0.717) is 22.4 Å². The number of furan rings is 1. The molecule has 0 spiro atoms. The average molecular weight is 307 g/mol. The predicted molar refractivity (Wildman–Crippen MR) is 84.0 cm³/mol. The summed E-state index contributed by atoms with van der Waals surface area (Å²) >= 11 is 1.56. The van der Waals surface area contributed by atoms with Gasteiger partial charge >= 0.3 is 5.97 Å². The molecular weight excluding hydrogens is 290 g/mol. The molecule has 0 saturated heterocycles. The normalized spacial score (nSPS) is 11.6. The molecule has 2 N–H and O–H groups in total. The number of anilines is 1. The van der Waals surface area contributed by atoms with Crippen LogP contribution in [0.15, 0.2) is 28.7 Å². The van der Waals surface area contributed by atoms with Gasteiger partial charge in [0, 0.05) is 15.8 Å². The Bertz CT molecular complexity index is 685. The highest BCUT2D eigenvalue weighted by molar-refractivity contribution is 8.01. The van der Waals surface area contributed by atoms with Gasteiger partial charge in [-0.1, -0.05) is 20.8 Å². The molecule has 2 aromatic rings. The molecule has 5 nitrogen and oxygen atoms in total. The van der Waals surface area contributed by atoms with Gasteiger partial charge < -0.3 is 14.8 Å². The van der Waals surface area contributed by atoms with Crippen molar-refractivity contribution in [1.82, 2.24) is 0 Å². The number of fused-ring (bicyclic) bond motifs is 1. The Kier molecular flexibility index (Phi) is 4.27. The van der Waals surface area contributed by atoms with Gasteiger partial charge in [0.05, 0.1) is 5.75 Å². The number of nitrogens with one attached hydrogen (secondary N) is 1. The summed E-state index contributed by atoms with van der Waals surface area (Å²) in [5.74, 6) is -0.945. The summed E-state index contributed by atoms with van der Waals surface area (Å²) in [4.78, 5) is 22.7. The van der Waals surface area contributed by atoms with Gasteiger partial charge in [-0.25, -0.2) is 4.79 Å². The molecule has 1 amide bonds. The molecule has 1 aromatic carbocycles. The maximum absolute atomic E-state index is 11.9. The lowest BCUT2D eigenvalue weighted by molar-refractivity contribution is -0.113. The highest BCUT2D eigenvalue weighted by Gasteiger charge is 2.14. The molecular formula is C15H17NO4S. The van der Waals surface area contributed by atoms with Crippen molar-refractivity contribution in [3.8, 4) is 0 Å². The van der Waals surface area contributed by atoms with Crippen molar-refractivity contribution >= 4 is 40.3 Å². The van der Waals surface area contributed by atoms with E-state index in [0.717, 1.165) is 0 Å². The molecule has 21 heavy (non-hydrogen) atoms. The minimum Gasteiger partial charge on any atom is -0.475 e. The monoisotopic (exact) mass is 307 g/mol. The van der Waals surface area contributed by atoms with E-state index in [4.69, 9.17) is 9.52 Å². The quantitative estimate of drug-likeness (QED) is 0.902. The van der Waals surface area contributed by atoms with Crippen molar-refractivity contribution in [3.05, 3.63) is 30.0 Å². The second kappa shape index (κ2) is 5.81. The smallest absolute Gasteiger partial charge is 0.371 e. The van der Waals surface area contributed by atoms with Crippen LogP contribution in [0.2, 0.25) is 0 Å². The number of thioether (sulfide) groups is 1. The minimum absolute atomic E-state index is 0.0300. The Morgan fingerprint density at radius 2 is 2.00 bits per heavy atom. The third kappa shape index (κ3) is 4.26. The predicted octanol–water partition coefficient (Wildman–Crippen LogP) is 3.60. The van der Waals surface area contributed by atoms with Gasteiger partial charge in [0.25, 0.3) is 0 Å². The highest BCUT2D eigenvalue weighted by Crippen LogP contribution is 2.25. The summed E-state index contributed by atoms with van der Waals surface area (Å²) in [6, 6.07) is 6.48. The van der Waals surface area contributed by atoms with Crippen LogP contribution in [-0.4, -0.2) is 27.5 Å². The van der Waals surface area contributed by atoms with Gasteiger partial charge in [0.15, 0.2) is 0 Å². The lowest BCUT2D eigenvalue weighted by Gasteiger charge is -2.16. The van der Waals surface area contributed by atoms with Crippen molar-refractivity contribution in [2.75, 3.05) is 11.1 Å². The van der Waals surface area contributed by atoms with Crippen molar-refractivity contribution in [2.24, 2.45) is 0 Å². The van der Waals surface area contributed by atoms with Gasteiger partial charge in [-0.15, -0.1) is 11.8 Å². The number of rotatable bonds is 4. The van der Waals surface area contributed by atoms with Crippen molar-refractivity contribution in [3.63, 3.8) is 0 Å². The number of amides is 1. The standard InChI is InChI=1S/C15H17NO4S/c1-15(2,3)21-8-13(17)16-10-4-5-11-9(6-10)7-12(20-11)14(18)19/h4-7H,8H2,1-3H3,(H,16,17)(H,18,19). The molecule has 1 heterocycles. The molecule has 0 fully saturated rings. The molecule has 0 atom stereocenters. The van der Waals surface area contributed by atoms with Crippen LogP contribution in [0.25, 0.3) is 11.0 Å². The third-order valence-corrected chi connectivity index (χ3v) is 3.92. The van der Waals surface area contributed by atoms with Crippen LogP contribution >= 0.6 is 11.8 Å². The summed E-state index contributed by atoms with van der Waals surface area (Å²) in [6.45, 7) is 6.15. The van der Waals surface area contributed by atoms with E-state index in [1.807, 2.05) is 0 Å². The first kappa shape index (κ1) is 15.4. The summed E-state index contributed by atoms with van der Waals surface area (Å²) in [7, 11) is 0. The Morgan fingerprint density at radius 1 is 1.29 bits per heavy atom. The second-order valence-corrected chi connectivity index (χ2v) is 7.42. The van der Waals surface area contributed by atoms with Crippen LogP contribution in [0.5, 0.6) is 0 Å². The molecule has 6 heteroatoms. The highest BCUT2D eigenvalue weighted by atomic mass is 32.2. The molecule has 2 rings (SSSR count). The van der Waals surface area contributed by atoms with Crippen molar-refractivity contribution in [1.29, 1.82) is 0 Å². The zero-order valence-electron chi connectivity index (χ0n) is 12.1. The number of carboxylic acids is 1. The average Bonchev–Trinajstić information content (AvgIpc) is 2.79. The molecule has 0 aliphatic heterocycles. The topological polar surface area (TPSA) is 79.5 Å². The van der Waals surface area contributed by atoms with Crippen molar-refractivity contribution < 1.29 is 19.1 Å². The van der Waals surface area contributed by atoms with Crippen LogP contribution in [-0.2, 0) is 4.79 Å². The minimum atomic E-state index is -1.11. The van der Waals surface area contributed by atoms with Gasteiger partial charge in [-0.3, -0.25) is 4.79 Å². The first-order valence-electron chi connectivity index (χ1n) is 6.45. The lowest BCUT2D eigenvalue weighted by atomic mass is 10.2. The fraction of sp³-hybridized carbons (Fsp3) is 0.333. The van der Waals surface area contributed by atoms with E-state index in [9.17, 15) is 9.59 Å². The van der Waals surface area contributed by atoms with Gasteiger partial charge in [-0.05, 0) is 24.3 Å². The molecule has 0 unspecified atom stereocenters. The van der Waals surface area contributed by atoms with E-state index in [-0.39, 0.29) is 16.4 Å².